The van der Waals surface area contributed by atoms with Crippen molar-refractivity contribution >= 4 is 5.91 Å². The number of benzene rings is 1. The monoisotopic (exact) mass is 290 g/mol. The number of carbonyl (C=O) groups excluding carboxylic acids is 1. The molecule has 0 aliphatic carbocycles. The van der Waals surface area contributed by atoms with Crippen LogP contribution in [0.3, 0.4) is 0 Å². The van der Waals surface area contributed by atoms with Gasteiger partial charge in [-0.3, -0.25) is 4.79 Å². The number of nitrogens with one attached hydrogen (secondary N) is 1. The molecule has 21 heavy (non-hydrogen) atoms. The van der Waals surface area contributed by atoms with E-state index >= 15 is 0 Å². The lowest BCUT2D eigenvalue weighted by atomic mass is 9.81. The highest BCUT2D eigenvalue weighted by Crippen LogP contribution is 2.24. The molecule has 0 spiro atoms. The van der Waals surface area contributed by atoms with Gasteiger partial charge in [0.25, 0.3) is 5.91 Å². The Morgan fingerprint density at radius 3 is 2.67 bits per heavy atom. The molecule has 0 saturated heterocycles. The molecule has 0 aliphatic heterocycles. The SMILES string of the molecule is CC(C)C(C)(C)CNC(=O)c1ccc(F)cc1C#CCN. The van der Waals surface area contributed by atoms with E-state index in [1.807, 2.05) is 0 Å². The molecule has 0 unspecified atom stereocenters. The summed E-state index contributed by atoms with van der Waals surface area (Å²) in [4.78, 5) is 12.3. The summed E-state index contributed by atoms with van der Waals surface area (Å²) in [5, 5.41) is 2.90. The van der Waals surface area contributed by atoms with Gasteiger partial charge in [0.05, 0.1) is 12.1 Å². The average Bonchev–Trinajstić information content (AvgIpc) is 2.42. The van der Waals surface area contributed by atoms with Gasteiger partial charge in [0.2, 0.25) is 0 Å². The van der Waals surface area contributed by atoms with Crippen molar-refractivity contribution in [3.63, 3.8) is 0 Å². The van der Waals surface area contributed by atoms with Crippen molar-refractivity contribution in [2.45, 2.75) is 27.7 Å². The van der Waals surface area contributed by atoms with Gasteiger partial charge in [-0.05, 0) is 29.5 Å². The predicted molar refractivity (Wildman–Crippen MR) is 83.3 cm³/mol. The summed E-state index contributed by atoms with van der Waals surface area (Å²) in [6.45, 7) is 9.13. The Labute approximate surface area is 126 Å². The third-order valence-electron chi connectivity index (χ3n) is 3.82. The Morgan fingerprint density at radius 1 is 1.43 bits per heavy atom. The first-order valence-electron chi connectivity index (χ1n) is 7.04. The summed E-state index contributed by atoms with van der Waals surface area (Å²) in [6, 6.07) is 3.97. The number of nitrogens with two attached hydrogens (primary N) is 1. The molecule has 1 aromatic carbocycles. The van der Waals surface area contributed by atoms with Crippen molar-refractivity contribution in [1.29, 1.82) is 0 Å². The minimum atomic E-state index is -0.421. The van der Waals surface area contributed by atoms with Gasteiger partial charge in [-0.15, -0.1) is 0 Å². The van der Waals surface area contributed by atoms with E-state index in [0.29, 0.717) is 23.6 Å². The van der Waals surface area contributed by atoms with E-state index in [1.165, 1.54) is 18.2 Å². The average molecular weight is 290 g/mol. The first kappa shape index (κ1) is 17.2. The summed E-state index contributed by atoms with van der Waals surface area (Å²) in [5.41, 5.74) is 6.04. The van der Waals surface area contributed by atoms with Crippen LogP contribution in [0.4, 0.5) is 4.39 Å². The zero-order valence-corrected chi connectivity index (χ0v) is 13.1. The lowest BCUT2D eigenvalue weighted by Gasteiger charge is -2.29. The Kier molecular flexibility index (Phi) is 5.92. The summed E-state index contributed by atoms with van der Waals surface area (Å²) < 4.78 is 13.3. The lowest BCUT2D eigenvalue weighted by Crippen LogP contribution is -2.37. The summed E-state index contributed by atoms with van der Waals surface area (Å²) in [5.74, 6) is 5.15. The molecule has 1 rings (SSSR count). The zero-order chi connectivity index (χ0) is 16.0. The smallest absolute Gasteiger partial charge is 0.252 e. The maximum Gasteiger partial charge on any atom is 0.252 e. The number of halogens is 1. The fraction of sp³-hybridized carbons (Fsp3) is 0.471. The van der Waals surface area contributed by atoms with Crippen LogP contribution in [0.15, 0.2) is 18.2 Å². The highest BCUT2D eigenvalue weighted by molar-refractivity contribution is 5.96. The van der Waals surface area contributed by atoms with Crippen LogP contribution in [0.25, 0.3) is 0 Å². The number of hydrogen-bond donors (Lipinski definition) is 2. The fourth-order valence-corrected chi connectivity index (χ4v) is 1.57. The molecule has 3 nitrogen and oxygen atoms in total. The van der Waals surface area contributed by atoms with E-state index in [2.05, 4.69) is 44.9 Å². The number of amides is 1. The predicted octanol–water partition coefficient (Wildman–Crippen LogP) is 2.55. The fourth-order valence-electron chi connectivity index (χ4n) is 1.57. The molecular weight excluding hydrogens is 267 g/mol. The molecule has 114 valence electrons. The van der Waals surface area contributed by atoms with E-state index in [-0.39, 0.29) is 17.9 Å². The van der Waals surface area contributed by atoms with Gasteiger partial charge in [0.1, 0.15) is 5.82 Å². The second-order valence-corrected chi connectivity index (χ2v) is 6.02. The van der Waals surface area contributed by atoms with Crippen LogP contribution in [0.1, 0.15) is 43.6 Å². The maximum atomic E-state index is 13.3. The Balaban J connectivity index is 2.93. The van der Waals surface area contributed by atoms with Gasteiger partial charge in [-0.2, -0.15) is 0 Å². The van der Waals surface area contributed by atoms with E-state index in [0.717, 1.165) is 0 Å². The van der Waals surface area contributed by atoms with Crippen LogP contribution in [0.2, 0.25) is 0 Å². The quantitative estimate of drug-likeness (QED) is 0.837. The molecule has 0 bridgehead atoms. The summed E-state index contributed by atoms with van der Waals surface area (Å²) in [7, 11) is 0. The first-order valence-corrected chi connectivity index (χ1v) is 7.04. The van der Waals surface area contributed by atoms with Crippen molar-refractivity contribution < 1.29 is 9.18 Å². The van der Waals surface area contributed by atoms with Gasteiger partial charge in [0, 0.05) is 12.1 Å². The van der Waals surface area contributed by atoms with Crippen LogP contribution >= 0.6 is 0 Å². The Bertz CT molecular complexity index is 568. The van der Waals surface area contributed by atoms with Gasteiger partial charge < -0.3 is 11.1 Å². The van der Waals surface area contributed by atoms with Crippen molar-refractivity contribution in [2.24, 2.45) is 17.1 Å². The van der Waals surface area contributed by atoms with Crippen LogP contribution in [0.5, 0.6) is 0 Å². The highest BCUT2D eigenvalue weighted by atomic mass is 19.1. The van der Waals surface area contributed by atoms with Gasteiger partial charge in [0.15, 0.2) is 0 Å². The normalized spacial score (nSPS) is 11.0. The minimum Gasteiger partial charge on any atom is -0.351 e. The number of rotatable bonds is 4. The largest absolute Gasteiger partial charge is 0.351 e. The molecule has 3 N–H and O–H groups in total. The van der Waals surface area contributed by atoms with Crippen molar-refractivity contribution in [3.8, 4) is 11.8 Å². The molecule has 1 aromatic rings. The Morgan fingerprint density at radius 2 is 2.10 bits per heavy atom. The molecule has 0 aliphatic rings. The first-order chi connectivity index (χ1) is 9.77. The maximum absolute atomic E-state index is 13.3. The molecule has 0 radical (unpaired) electrons. The van der Waals surface area contributed by atoms with Crippen LogP contribution < -0.4 is 11.1 Å². The lowest BCUT2D eigenvalue weighted by molar-refractivity contribution is 0.0924. The standard InChI is InChI=1S/C17H23FN2O/c1-12(2)17(3,4)11-20-16(21)15-8-7-14(18)10-13(15)6-5-9-19/h7-8,10,12H,9,11,19H2,1-4H3,(H,20,21). The van der Waals surface area contributed by atoms with Gasteiger partial charge >= 0.3 is 0 Å². The van der Waals surface area contributed by atoms with Gasteiger partial charge in [-0.25, -0.2) is 4.39 Å². The molecule has 1 amide bonds. The number of hydrogen-bond acceptors (Lipinski definition) is 2. The van der Waals surface area contributed by atoms with E-state index in [4.69, 9.17) is 5.73 Å². The molecule has 0 aromatic heterocycles. The zero-order valence-electron chi connectivity index (χ0n) is 13.1. The van der Waals surface area contributed by atoms with Gasteiger partial charge in [-0.1, -0.05) is 39.5 Å². The Hall–Kier alpha value is -1.86. The second-order valence-electron chi connectivity index (χ2n) is 6.02. The molecule has 0 heterocycles. The molecule has 0 fully saturated rings. The molecule has 4 heteroatoms. The van der Waals surface area contributed by atoms with E-state index < -0.39 is 5.82 Å². The highest BCUT2D eigenvalue weighted by Gasteiger charge is 2.23. The number of carbonyl (C=O) groups is 1. The van der Waals surface area contributed by atoms with Crippen molar-refractivity contribution in [2.75, 3.05) is 13.1 Å². The topological polar surface area (TPSA) is 55.1 Å². The van der Waals surface area contributed by atoms with Crippen LogP contribution in [0, 0.1) is 29.0 Å². The summed E-state index contributed by atoms with van der Waals surface area (Å²) in [6.07, 6.45) is 0. The van der Waals surface area contributed by atoms with Crippen LogP contribution in [-0.4, -0.2) is 19.0 Å². The molecule has 0 saturated carbocycles. The van der Waals surface area contributed by atoms with Crippen molar-refractivity contribution in [1.82, 2.24) is 5.32 Å². The van der Waals surface area contributed by atoms with Crippen LogP contribution in [-0.2, 0) is 0 Å². The summed E-state index contributed by atoms with van der Waals surface area (Å²) >= 11 is 0. The van der Waals surface area contributed by atoms with E-state index in [9.17, 15) is 9.18 Å². The molecular formula is C17H23FN2O. The minimum absolute atomic E-state index is 0.0151. The third kappa shape index (κ3) is 4.87. The second kappa shape index (κ2) is 7.24. The molecule has 0 atom stereocenters. The van der Waals surface area contributed by atoms with E-state index in [1.54, 1.807) is 0 Å². The van der Waals surface area contributed by atoms with Crippen molar-refractivity contribution in [3.05, 3.63) is 35.1 Å². The third-order valence-corrected chi connectivity index (χ3v) is 3.82.